The topological polar surface area (TPSA) is 161 Å². The Labute approximate surface area is 474 Å². The molecule has 8 aromatic rings. The number of aromatic nitrogens is 6. The molecular weight excluding hydrogens is 1120 g/mol. The number of carbonyl (C=O) groups is 2. The number of ether oxygens (including phenoxy) is 2. The molecule has 11 rings (SSSR count). The van der Waals surface area contributed by atoms with Crippen molar-refractivity contribution < 1.29 is 54.2 Å². The number of benzene rings is 4. The van der Waals surface area contributed by atoms with Crippen molar-refractivity contribution in [1.82, 2.24) is 39.8 Å². The highest BCUT2D eigenvalue weighted by Crippen LogP contribution is 2.56. The monoisotopic (exact) mass is 1170 g/mol. The summed E-state index contributed by atoms with van der Waals surface area (Å²) in [7, 11) is 3.03. The lowest BCUT2D eigenvalue weighted by molar-refractivity contribution is -0.132. The van der Waals surface area contributed by atoms with Gasteiger partial charge in [0.1, 0.15) is 21.3 Å². The predicted molar refractivity (Wildman–Crippen MR) is 300 cm³/mol. The summed E-state index contributed by atoms with van der Waals surface area (Å²) in [5.41, 5.74) is 6.59. The number of alkyl halides is 8. The highest BCUT2D eigenvalue weighted by atomic mass is 32.2. The van der Waals surface area contributed by atoms with E-state index in [0.717, 1.165) is 65.7 Å². The lowest BCUT2D eigenvalue weighted by atomic mass is 10.0. The van der Waals surface area contributed by atoms with E-state index in [1.165, 1.54) is 42.1 Å². The van der Waals surface area contributed by atoms with Crippen LogP contribution in [0.15, 0.2) is 109 Å². The number of nitrogens with one attached hydrogen (secondary N) is 4. The van der Waals surface area contributed by atoms with Gasteiger partial charge in [-0.25, -0.2) is 19.0 Å². The van der Waals surface area contributed by atoms with Crippen molar-refractivity contribution >= 4 is 58.0 Å². The molecule has 2 aliphatic carbocycles. The van der Waals surface area contributed by atoms with E-state index in [0.29, 0.717) is 56.4 Å². The molecule has 3 aliphatic rings. The normalized spacial score (nSPS) is 15.2. The summed E-state index contributed by atoms with van der Waals surface area (Å²) < 4.78 is 122. The van der Waals surface area contributed by atoms with Crippen LogP contribution in [0.25, 0.3) is 33.8 Å². The van der Waals surface area contributed by atoms with Crippen LogP contribution in [0.2, 0.25) is 0 Å². The zero-order valence-corrected chi connectivity index (χ0v) is 46.4. The van der Waals surface area contributed by atoms with Gasteiger partial charge in [-0.15, -0.1) is 23.5 Å². The minimum atomic E-state index is -4.43. The Bertz CT molecular complexity index is 3640. The molecule has 3 fully saturated rings. The molecule has 24 heteroatoms. The van der Waals surface area contributed by atoms with Crippen molar-refractivity contribution in [3.63, 3.8) is 0 Å². The summed E-state index contributed by atoms with van der Waals surface area (Å²) in [6, 6.07) is 26.9. The fourth-order valence-corrected chi connectivity index (χ4v) is 12.5. The first-order valence-electron chi connectivity index (χ1n) is 26.3. The Hall–Kier alpha value is -7.60. The first kappa shape index (κ1) is 57.6. The quantitative estimate of drug-likeness (QED) is 0.0603. The highest BCUT2D eigenvalue weighted by molar-refractivity contribution is 8.20. The van der Waals surface area contributed by atoms with E-state index in [1.54, 1.807) is 72.5 Å². The van der Waals surface area contributed by atoms with E-state index in [-0.39, 0.29) is 47.3 Å². The molecule has 82 heavy (non-hydrogen) atoms. The Kier molecular flexibility index (Phi) is 16.4. The number of nitrogens with zero attached hydrogens (tertiary/aromatic N) is 6. The Morgan fingerprint density at radius 3 is 1.50 bits per heavy atom. The molecule has 5 heterocycles. The lowest BCUT2D eigenvalue weighted by Gasteiger charge is -2.28. The maximum atomic E-state index is 15.7. The van der Waals surface area contributed by atoms with Crippen LogP contribution < -0.4 is 30.7 Å². The first-order chi connectivity index (χ1) is 39.1. The van der Waals surface area contributed by atoms with Crippen LogP contribution in [0.1, 0.15) is 92.9 Å². The fourth-order valence-electron chi connectivity index (χ4n) is 9.35. The van der Waals surface area contributed by atoms with E-state index < -0.39 is 47.4 Å². The molecule has 2 amide bonds. The second-order valence-electron chi connectivity index (χ2n) is 20.1. The zero-order valence-electron chi connectivity index (χ0n) is 44.8. The number of anilines is 2. The Morgan fingerprint density at radius 1 is 0.610 bits per heavy atom. The number of fused-ring (bicyclic) bond motifs is 2. The molecule has 0 bridgehead atoms. The SMILES string of the molecule is COc1ccc(C(F)(F)c2cc(NCCC(F)(F)F)c3ncc(-c4ccc(C(=O)NC5CC5)c(C)c4)n3n2)cc1.COc1ccc(C2(c3cc(NCCC(F)(F)F)c4ncc(-c5ccc(C(=O)NC6CC6)c(C)c5)n4n3)SCCS2)cc1. The molecule has 0 radical (unpaired) electrons. The van der Waals surface area contributed by atoms with Gasteiger partial charge >= 0.3 is 18.3 Å². The van der Waals surface area contributed by atoms with Crippen molar-refractivity contribution in [2.24, 2.45) is 0 Å². The number of aryl methyl sites for hydroxylation is 2. The van der Waals surface area contributed by atoms with Gasteiger partial charge in [0.05, 0.1) is 67.9 Å². The summed E-state index contributed by atoms with van der Waals surface area (Å²) in [6.45, 7) is 2.82. The molecule has 1 saturated heterocycles. The average Bonchev–Trinajstić information content (AvgIpc) is 3.33. The summed E-state index contributed by atoms with van der Waals surface area (Å²) in [5.74, 6) is -0.960. The molecule has 2 saturated carbocycles. The predicted octanol–water partition coefficient (Wildman–Crippen LogP) is 12.8. The van der Waals surface area contributed by atoms with Crippen molar-refractivity contribution in [1.29, 1.82) is 0 Å². The first-order valence-corrected chi connectivity index (χ1v) is 28.3. The third kappa shape index (κ3) is 12.9. The van der Waals surface area contributed by atoms with Gasteiger partial charge in [-0.1, -0.05) is 24.3 Å². The lowest BCUT2D eigenvalue weighted by Crippen LogP contribution is -2.26. The van der Waals surface area contributed by atoms with E-state index in [2.05, 4.69) is 36.3 Å². The molecule has 0 spiro atoms. The number of rotatable bonds is 18. The van der Waals surface area contributed by atoms with Gasteiger partial charge in [-0.2, -0.15) is 45.3 Å². The maximum Gasteiger partial charge on any atom is 0.390 e. The second-order valence-corrected chi connectivity index (χ2v) is 23.0. The van der Waals surface area contributed by atoms with Crippen molar-refractivity contribution in [2.75, 3.05) is 49.4 Å². The zero-order chi connectivity index (χ0) is 58.1. The average molecular weight is 1170 g/mol. The number of carbonyl (C=O) groups excluding carboxylic acids is 2. The van der Waals surface area contributed by atoms with E-state index in [9.17, 15) is 35.9 Å². The molecule has 0 atom stereocenters. The van der Waals surface area contributed by atoms with Crippen LogP contribution in [0.4, 0.5) is 46.5 Å². The Morgan fingerprint density at radius 2 is 1.06 bits per heavy atom. The molecular formula is C58H56F8N10O4S2. The van der Waals surface area contributed by atoms with Gasteiger partial charge in [0.25, 0.3) is 11.8 Å². The summed E-state index contributed by atoms with van der Waals surface area (Å²) >= 11 is 3.50. The second kappa shape index (κ2) is 23.3. The Balaban J connectivity index is 0.000000184. The third-order valence-corrected chi connectivity index (χ3v) is 17.5. The fraction of sp³-hybridized carbons (Fsp3) is 0.345. The number of hydrogen-bond acceptors (Lipinski definition) is 12. The van der Waals surface area contributed by atoms with Crippen LogP contribution >= 0.6 is 23.5 Å². The van der Waals surface area contributed by atoms with Gasteiger partial charge in [0.15, 0.2) is 11.3 Å². The van der Waals surface area contributed by atoms with E-state index in [1.807, 2.05) is 49.4 Å². The standard InChI is InChI=1S/C30H30F3N5O2S2.C28H26F5N5O2/c1-18-15-19(3-10-23(18)28(39)36-21-6-7-21)25-17-35-27-24(34-12-11-29(31,32)33)16-26(37-38(25)27)30(41-13-14-42-30)20-4-8-22(40-2)9-5-20;1-16-13-17(3-10-21(16)26(39)36-19-6-7-19)23-15-35-25-22(34-12-11-27(29,30)31)14-24(37-38(23)25)28(32,33)18-4-8-20(40-2)9-5-18/h3-5,8-10,15-17,21,34H,6-7,11-14H2,1-2H3,(H,36,39);3-5,8-10,13-15,19,34H,6-7,11-12H2,1-2H3,(H,36,39). The van der Waals surface area contributed by atoms with Gasteiger partial charge in [-0.05, 0) is 129 Å². The van der Waals surface area contributed by atoms with Crippen molar-refractivity contribution in [2.45, 2.75) is 86.8 Å². The molecule has 430 valence electrons. The van der Waals surface area contributed by atoms with Gasteiger partial charge in [0.2, 0.25) is 0 Å². The number of hydrogen-bond donors (Lipinski definition) is 4. The molecule has 0 unspecified atom stereocenters. The van der Waals surface area contributed by atoms with Crippen LogP contribution in [-0.4, -0.2) is 104 Å². The van der Waals surface area contributed by atoms with Gasteiger partial charge < -0.3 is 30.7 Å². The van der Waals surface area contributed by atoms with Crippen molar-refractivity contribution in [3.8, 4) is 34.0 Å². The highest BCUT2D eigenvalue weighted by Gasteiger charge is 2.43. The smallest absolute Gasteiger partial charge is 0.390 e. The number of methoxy groups -OCH3 is 2. The molecule has 14 nitrogen and oxygen atoms in total. The largest absolute Gasteiger partial charge is 0.497 e. The minimum absolute atomic E-state index is 0.0224. The van der Waals surface area contributed by atoms with Gasteiger partial charge in [-0.3, -0.25) is 9.59 Å². The van der Waals surface area contributed by atoms with E-state index >= 15 is 8.78 Å². The van der Waals surface area contributed by atoms with E-state index in [4.69, 9.17) is 14.6 Å². The number of halogens is 8. The van der Waals surface area contributed by atoms with Crippen molar-refractivity contribution in [3.05, 3.63) is 154 Å². The molecule has 1 aliphatic heterocycles. The number of thioether (sulfide) groups is 2. The van der Waals surface area contributed by atoms with Crippen LogP contribution in [0, 0.1) is 13.8 Å². The maximum absolute atomic E-state index is 15.7. The number of amides is 2. The molecule has 4 aromatic heterocycles. The summed E-state index contributed by atoms with van der Waals surface area (Å²) in [5, 5.41) is 20.8. The third-order valence-electron chi connectivity index (χ3n) is 14.0. The summed E-state index contributed by atoms with van der Waals surface area (Å²) in [4.78, 5) is 34.1. The minimum Gasteiger partial charge on any atom is -0.497 e. The molecule has 4 aromatic carbocycles. The van der Waals surface area contributed by atoms with Crippen LogP contribution in [0.5, 0.6) is 11.5 Å². The van der Waals surface area contributed by atoms with Gasteiger partial charge in [0, 0.05) is 64.5 Å². The number of imidazole rings is 2. The molecule has 4 N–H and O–H groups in total. The van der Waals surface area contributed by atoms with Crippen LogP contribution in [-0.2, 0) is 10.0 Å². The van der Waals surface area contributed by atoms with Crippen LogP contribution in [0.3, 0.4) is 0 Å². The summed E-state index contributed by atoms with van der Waals surface area (Å²) in [6.07, 6.45) is -3.87.